The van der Waals surface area contributed by atoms with Crippen LogP contribution in [-0.4, -0.2) is 67.9 Å². The third kappa shape index (κ3) is 9.01. The monoisotopic (exact) mass is 616 g/mol. The SMILES string of the molecule is CC(=O)C[C@@H]1[C@@H](OC(C)=O)[C@H](OC(C)=O)[C@@H](COC(C)=O)O[C@H]1c1ccc(Cl)c(Cc2ccc(O[C@H]3CCOC3)cc2)c1. The second-order valence-electron chi connectivity index (χ2n) is 10.9. The molecule has 0 aromatic heterocycles. The summed E-state index contributed by atoms with van der Waals surface area (Å²) in [7, 11) is 0. The number of hydrogen-bond donors (Lipinski definition) is 0. The van der Waals surface area contributed by atoms with Gasteiger partial charge in [0.1, 0.15) is 36.5 Å². The predicted octanol–water partition coefficient (Wildman–Crippen LogP) is 4.56. The average Bonchev–Trinajstić information content (AvgIpc) is 3.44. The van der Waals surface area contributed by atoms with Gasteiger partial charge in [-0.05, 0) is 48.2 Å². The molecule has 0 amide bonds. The van der Waals surface area contributed by atoms with E-state index in [1.807, 2.05) is 30.3 Å². The maximum atomic E-state index is 12.4. The smallest absolute Gasteiger partial charge is 0.303 e. The molecule has 2 aliphatic heterocycles. The largest absolute Gasteiger partial charge is 0.488 e. The molecule has 0 N–H and O–H groups in total. The van der Waals surface area contributed by atoms with Gasteiger partial charge in [0.25, 0.3) is 0 Å². The van der Waals surface area contributed by atoms with Crippen LogP contribution in [0.5, 0.6) is 5.75 Å². The number of rotatable bonds is 11. The van der Waals surface area contributed by atoms with E-state index in [0.29, 0.717) is 30.2 Å². The van der Waals surface area contributed by atoms with Gasteiger partial charge in [-0.2, -0.15) is 0 Å². The first-order chi connectivity index (χ1) is 20.5. The summed E-state index contributed by atoms with van der Waals surface area (Å²) in [5.41, 5.74) is 2.49. The molecule has 232 valence electrons. The fourth-order valence-corrected chi connectivity index (χ4v) is 5.68. The molecule has 10 nitrogen and oxygen atoms in total. The Hall–Kier alpha value is -3.47. The molecule has 2 saturated heterocycles. The van der Waals surface area contributed by atoms with Crippen molar-refractivity contribution in [2.45, 2.75) is 77.5 Å². The van der Waals surface area contributed by atoms with Crippen molar-refractivity contribution in [1.82, 2.24) is 0 Å². The molecule has 43 heavy (non-hydrogen) atoms. The minimum atomic E-state index is -1.11. The zero-order valence-corrected chi connectivity index (χ0v) is 25.5. The molecular weight excluding hydrogens is 580 g/mol. The van der Waals surface area contributed by atoms with E-state index in [-0.39, 0.29) is 24.9 Å². The standard InChI is InChI=1S/C32H37ClO10/c1-18(34)13-27-30(43-29(17-39-19(2)35)32(41-21(4)37)31(27)40-20(3)36)23-7-10-28(33)24(15-23)14-22-5-8-25(9-6-22)42-26-11-12-38-16-26/h5-10,15,26-27,29-32H,11-14,16-17H2,1-4H3/t26-,27-,29+,30-,31+,32+/m0/s1. The normalized spacial score (nSPS) is 25.0. The van der Waals surface area contributed by atoms with Crippen LogP contribution in [0.1, 0.15) is 63.3 Å². The lowest BCUT2D eigenvalue weighted by molar-refractivity contribution is -0.235. The van der Waals surface area contributed by atoms with Crippen molar-refractivity contribution in [2.75, 3.05) is 19.8 Å². The highest BCUT2D eigenvalue weighted by Crippen LogP contribution is 2.42. The van der Waals surface area contributed by atoms with Gasteiger partial charge in [-0.1, -0.05) is 35.9 Å². The molecule has 6 atom stereocenters. The highest BCUT2D eigenvalue weighted by molar-refractivity contribution is 6.31. The third-order valence-electron chi connectivity index (χ3n) is 7.31. The van der Waals surface area contributed by atoms with Gasteiger partial charge in [0.05, 0.1) is 19.3 Å². The van der Waals surface area contributed by atoms with Crippen LogP contribution in [0, 0.1) is 5.92 Å². The lowest BCUT2D eigenvalue weighted by Gasteiger charge is -2.45. The summed E-state index contributed by atoms with van der Waals surface area (Å²) in [6.45, 7) is 6.15. The van der Waals surface area contributed by atoms with Gasteiger partial charge in [0.2, 0.25) is 0 Å². The summed E-state index contributed by atoms with van der Waals surface area (Å²) in [5.74, 6) is -1.92. The Balaban J connectivity index is 1.65. The van der Waals surface area contributed by atoms with E-state index in [1.54, 1.807) is 12.1 Å². The van der Waals surface area contributed by atoms with Gasteiger partial charge in [-0.3, -0.25) is 14.4 Å². The highest BCUT2D eigenvalue weighted by Gasteiger charge is 2.50. The molecule has 2 aromatic carbocycles. The lowest BCUT2D eigenvalue weighted by Crippen LogP contribution is -2.56. The zero-order chi connectivity index (χ0) is 31.1. The molecule has 0 unspecified atom stereocenters. The number of hydrogen-bond acceptors (Lipinski definition) is 10. The minimum Gasteiger partial charge on any atom is -0.488 e. The zero-order valence-electron chi connectivity index (χ0n) is 24.7. The van der Waals surface area contributed by atoms with E-state index in [0.717, 1.165) is 23.3 Å². The first-order valence-electron chi connectivity index (χ1n) is 14.2. The molecule has 0 aliphatic carbocycles. The number of ether oxygens (including phenoxy) is 6. The predicted molar refractivity (Wildman–Crippen MR) is 155 cm³/mol. The van der Waals surface area contributed by atoms with Crippen LogP contribution < -0.4 is 4.74 Å². The van der Waals surface area contributed by atoms with Crippen molar-refractivity contribution < 1.29 is 47.6 Å². The van der Waals surface area contributed by atoms with Gasteiger partial charge in [-0.15, -0.1) is 0 Å². The van der Waals surface area contributed by atoms with Crippen molar-refractivity contribution in [3.63, 3.8) is 0 Å². The van der Waals surface area contributed by atoms with Crippen molar-refractivity contribution in [3.8, 4) is 5.75 Å². The van der Waals surface area contributed by atoms with Crippen LogP contribution in [-0.2, 0) is 49.3 Å². The van der Waals surface area contributed by atoms with Gasteiger partial charge >= 0.3 is 17.9 Å². The molecule has 2 heterocycles. The van der Waals surface area contributed by atoms with E-state index >= 15 is 0 Å². The van der Waals surface area contributed by atoms with E-state index < -0.39 is 48.2 Å². The Bertz CT molecular complexity index is 1300. The van der Waals surface area contributed by atoms with Crippen LogP contribution in [0.2, 0.25) is 5.02 Å². The lowest BCUT2D eigenvalue weighted by atomic mass is 9.80. The first-order valence-corrected chi connectivity index (χ1v) is 14.6. The van der Waals surface area contributed by atoms with Gasteiger partial charge in [-0.25, -0.2) is 0 Å². The molecule has 2 aromatic rings. The fourth-order valence-electron chi connectivity index (χ4n) is 5.50. The summed E-state index contributed by atoms with van der Waals surface area (Å²) in [5, 5.41) is 0.539. The number of benzene rings is 2. The molecule has 0 spiro atoms. The number of halogens is 1. The van der Waals surface area contributed by atoms with E-state index in [4.69, 9.17) is 40.0 Å². The number of esters is 3. The molecule has 11 heteroatoms. The summed E-state index contributed by atoms with van der Waals surface area (Å²) >= 11 is 6.62. The van der Waals surface area contributed by atoms with Crippen LogP contribution >= 0.6 is 11.6 Å². The van der Waals surface area contributed by atoms with Crippen LogP contribution in [0.25, 0.3) is 0 Å². The topological polar surface area (TPSA) is 124 Å². The quantitative estimate of drug-likeness (QED) is 0.262. The van der Waals surface area contributed by atoms with Crippen LogP contribution in [0.4, 0.5) is 0 Å². The van der Waals surface area contributed by atoms with Crippen LogP contribution in [0.3, 0.4) is 0 Å². The number of carbonyl (C=O) groups is 4. The number of ketones is 1. The summed E-state index contributed by atoms with van der Waals surface area (Å²) < 4.78 is 34.2. The molecular formula is C32H37ClO10. The average molecular weight is 617 g/mol. The van der Waals surface area contributed by atoms with E-state index in [9.17, 15) is 19.2 Å². The number of Topliss-reactive ketones (excluding diaryl/α,β-unsaturated/α-hetero) is 1. The summed E-state index contributed by atoms with van der Waals surface area (Å²) in [4.78, 5) is 48.3. The van der Waals surface area contributed by atoms with Crippen molar-refractivity contribution >= 4 is 35.3 Å². The molecule has 0 saturated carbocycles. The van der Waals surface area contributed by atoms with E-state index in [2.05, 4.69) is 0 Å². The van der Waals surface area contributed by atoms with Crippen molar-refractivity contribution in [2.24, 2.45) is 5.92 Å². The second-order valence-corrected chi connectivity index (χ2v) is 11.3. The second kappa shape index (κ2) is 14.8. The molecule has 4 rings (SSSR count). The number of carbonyl (C=O) groups excluding carboxylic acids is 4. The van der Waals surface area contributed by atoms with Gasteiger partial charge < -0.3 is 33.2 Å². The molecule has 0 radical (unpaired) electrons. The van der Waals surface area contributed by atoms with Crippen LogP contribution in [0.15, 0.2) is 42.5 Å². The maximum Gasteiger partial charge on any atom is 0.303 e. The molecule has 2 aliphatic rings. The summed E-state index contributed by atoms with van der Waals surface area (Å²) in [6.07, 6.45) is -2.50. The first kappa shape index (κ1) is 32.4. The van der Waals surface area contributed by atoms with Crippen molar-refractivity contribution in [3.05, 3.63) is 64.2 Å². The third-order valence-corrected chi connectivity index (χ3v) is 7.68. The van der Waals surface area contributed by atoms with Gasteiger partial charge in [0.15, 0.2) is 6.10 Å². The highest BCUT2D eigenvalue weighted by atomic mass is 35.5. The van der Waals surface area contributed by atoms with Gasteiger partial charge in [0, 0.05) is 44.6 Å². The van der Waals surface area contributed by atoms with E-state index in [1.165, 1.54) is 27.7 Å². The maximum absolute atomic E-state index is 12.4. The summed E-state index contributed by atoms with van der Waals surface area (Å²) in [6, 6.07) is 13.2. The Kier molecular flexibility index (Phi) is 11.2. The molecule has 0 bridgehead atoms. The molecule has 2 fully saturated rings. The Labute approximate surface area is 255 Å². The Morgan fingerprint density at radius 3 is 2.21 bits per heavy atom. The Morgan fingerprint density at radius 2 is 1.60 bits per heavy atom. The van der Waals surface area contributed by atoms with Crippen molar-refractivity contribution in [1.29, 1.82) is 0 Å². The fraction of sp³-hybridized carbons (Fsp3) is 0.500. The minimum absolute atomic E-state index is 0.0217. The Morgan fingerprint density at radius 1 is 0.907 bits per heavy atom.